The van der Waals surface area contributed by atoms with E-state index in [0.29, 0.717) is 0 Å². The lowest BCUT2D eigenvalue weighted by Gasteiger charge is -2.34. The summed E-state index contributed by atoms with van der Waals surface area (Å²) < 4.78 is 0. The third kappa shape index (κ3) is 3.36. The average molecular weight is 250 g/mol. The van der Waals surface area contributed by atoms with Crippen molar-refractivity contribution >= 4 is 29.3 Å². The first-order valence-corrected chi connectivity index (χ1v) is 6.60. The van der Waals surface area contributed by atoms with E-state index in [0.717, 1.165) is 30.1 Å². The van der Waals surface area contributed by atoms with Gasteiger partial charge in [-0.15, -0.1) is 12.4 Å². The van der Waals surface area contributed by atoms with Crippen LogP contribution in [0, 0.1) is 17.8 Å². The quantitative estimate of drug-likeness (QED) is 0.833. The Hall–Kier alpha value is 0.270. The van der Waals surface area contributed by atoms with Crippen LogP contribution in [0.4, 0.5) is 0 Å². The molecule has 2 rings (SSSR count). The molecule has 0 aromatic heterocycles. The van der Waals surface area contributed by atoms with E-state index >= 15 is 0 Å². The number of hydrogen-bond donors (Lipinski definition) is 1. The Morgan fingerprint density at radius 1 is 1.40 bits per heavy atom. The molecule has 0 amide bonds. The zero-order valence-electron chi connectivity index (χ0n) is 9.20. The van der Waals surface area contributed by atoms with Gasteiger partial charge in [-0.3, -0.25) is 4.79 Å². The third-order valence-electron chi connectivity index (χ3n) is 3.65. The SMILES string of the molecule is CC(=O)SCC1CNCC1C1CCC1.Cl. The molecule has 2 aliphatic rings. The van der Waals surface area contributed by atoms with Crippen molar-refractivity contribution in [2.75, 3.05) is 18.8 Å². The highest BCUT2D eigenvalue weighted by Gasteiger charge is 2.36. The van der Waals surface area contributed by atoms with E-state index in [1.165, 1.54) is 37.6 Å². The summed E-state index contributed by atoms with van der Waals surface area (Å²) in [5, 5.41) is 3.74. The molecule has 1 aliphatic carbocycles. The fourth-order valence-corrected chi connectivity index (χ4v) is 3.39. The molecule has 0 aromatic carbocycles. The average Bonchev–Trinajstić information content (AvgIpc) is 2.46. The summed E-state index contributed by atoms with van der Waals surface area (Å²) >= 11 is 1.51. The van der Waals surface area contributed by atoms with Crippen LogP contribution in [0.2, 0.25) is 0 Å². The number of nitrogens with one attached hydrogen (secondary N) is 1. The van der Waals surface area contributed by atoms with Crippen LogP contribution in [-0.4, -0.2) is 24.0 Å². The van der Waals surface area contributed by atoms with Crippen LogP contribution in [0.15, 0.2) is 0 Å². The normalized spacial score (nSPS) is 30.7. The topological polar surface area (TPSA) is 29.1 Å². The summed E-state index contributed by atoms with van der Waals surface area (Å²) in [4.78, 5) is 10.9. The minimum atomic E-state index is 0. The fraction of sp³-hybridized carbons (Fsp3) is 0.909. The third-order valence-corrected chi connectivity index (χ3v) is 4.65. The van der Waals surface area contributed by atoms with Crippen LogP contribution in [0.1, 0.15) is 26.2 Å². The van der Waals surface area contributed by atoms with Crippen LogP contribution >= 0.6 is 24.2 Å². The largest absolute Gasteiger partial charge is 0.316 e. The maximum atomic E-state index is 10.9. The van der Waals surface area contributed by atoms with Gasteiger partial charge in [0, 0.05) is 12.7 Å². The molecule has 1 heterocycles. The molecule has 1 N–H and O–H groups in total. The molecule has 4 heteroatoms. The molecular formula is C11H20ClNOS. The van der Waals surface area contributed by atoms with Crippen molar-refractivity contribution in [1.82, 2.24) is 5.32 Å². The molecule has 88 valence electrons. The lowest BCUT2D eigenvalue weighted by molar-refractivity contribution is -0.109. The van der Waals surface area contributed by atoms with Gasteiger partial charge in [-0.25, -0.2) is 0 Å². The monoisotopic (exact) mass is 249 g/mol. The summed E-state index contributed by atoms with van der Waals surface area (Å²) in [6.45, 7) is 3.99. The lowest BCUT2D eigenvalue weighted by atomic mass is 9.72. The van der Waals surface area contributed by atoms with Gasteiger partial charge in [-0.05, 0) is 30.8 Å². The molecule has 1 aliphatic heterocycles. The number of carbonyl (C=O) groups is 1. The summed E-state index contributed by atoms with van der Waals surface area (Å²) in [5.41, 5.74) is 0. The second-order valence-electron chi connectivity index (χ2n) is 4.58. The van der Waals surface area contributed by atoms with Crippen molar-refractivity contribution in [2.24, 2.45) is 17.8 Å². The van der Waals surface area contributed by atoms with Crippen LogP contribution in [0.3, 0.4) is 0 Å². The summed E-state index contributed by atoms with van der Waals surface area (Å²) in [6, 6.07) is 0. The molecule has 2 atom stereocenters. The minimum absolute atomic E-state index is 0. The Kier molecular flexibility index (Phi) is 5.44. The highest BCUT2D eigenvalue weighted by atomic mass is 35.5. The van der Waals surface area contributed by atoms with Gasteiger partial charge in [0.25, 0.3) is 0 Å². The molecule has 2 unspecified atom stereocenters. The molecule has 15 heavy (non-hydrogen) atoms. The van der Waals surface area contributed by atoms with Gasteiger partial charge in [0.15, 0.2) is 5.12 Å². The van der Waals surface area contributed by atoms with E-state index in [1.54, 1.807) is 6.92 Å². The molecule has 0 aromatic rings. The number of rotatable bonds is 3. The standard InChI is InChI=1S/C11H19NOS.ClH/c1-8(13)14-7-10-5-12-6-11(10)9-3-2-4-9;/h9-12H,2-7H2,1H3;1H. The van der Waals surface area contributed by atoms with Crippen molar-refractivity contribution in [3.05, 3.63) is 0 Å². The van der Waals surface area contributed by atoms with Crippen molar-refractivity contribution in [1.29, 1.82) is 0 Å². The number of halogens is 1. The lowest BCUT2D eigenvalue weighted by Crippen LogP contribution is -2.29. The Morgan fingerprint density at radius 3 is 2.67 bits per heavy atom. The van der Waals surface area contributed by atoms with E-state index in [9.17, 15) is 4.79 Å². The van der Waals surface area contributed by atoms with Crippen LogP contribution in [-0.2, 0) is 4.79 Å². The molecule has 1 saturated carbocycles. The Morgan fingerprint density at radius 2 is 2.13 bits per heavy atom. The molecule has 1 saturated heterocycles. The predicted molar refractivity (Wildman–Crippen MR) is 67.6 cm³/mol. The summed E-state index contributed by atoms with van der Waals surface area (Å²) in [7, 11) is 0. The Labute approximate surface area is 102 Å². The van der Waals surface area contributed by atoms with Crippen molar-refractivity contribution in [2.45, 2.75) is 26.2 Å². The van der Waals surface area contributed by atoms with Gasteiger partial charge in [0.2, 0.25) is 0 Å². The zero-order valence-corrected chi connectivity index (χ0v) is 10.8. The predicted octanol–water partition coefficient (Wildman–Crippen LogP) is 2.32. The highest BCUT2D eigenvalue weighted by molar-refractivity contribution is 8.13. The number of carbonyl (C=O) groups excluding carboxylic acids is 1. The number of hydrogen-bond acceptors (Lipinski definition) is 3. The first-order valence-electron chi connectivity index (χ1n) is 5.61. The second kappa shape index (κ2) is 6.12. The molecular weight excluding hydrogens is 230 g/mol. The Bertz CT molecular complexity index is 221. The number of thioether (sulfide) groups is 1. The molecule has 2 fully saturated rings. The highest BCUT2D eigenvalue weighted by Crippen LogP contribution is 2.39. The van der Waals surface area contributed by atoms with Crippen LogP contribution in [0.25, 0.3) is 0 Å². The van der Waals surface area contributed by atoms with Gasteiger partial charge in [0.1, 0.15) is 0 Å². The minimum Gasteiger partial charge on any atom is -0.316 e. The van der Waals surface area contributed by atoms with E-state index in [2.05, 4.69) is 5.32 Å². The van der Waals surface area contributed by atoms with E-state index < -0.39 is 0 Å². The van der Waals surface area contributed by atoms with Gasteiger partial charge >= 0.3 is 0 Å². The van der Waals surface area contributed by atoms with Gasteiger partial charge in [-0.1, -0.05) is 31.0 Å². The van der Waals surface area contributed by atoms with Gasteiger partial charge in [0.05, 0.1) is 0 Å². The second-order valence-corrected chi connectivity index (χ2v) is 5.77. The summed E-state index contributed by atoms with van der Waals surface area (Å²) in [6.07, 6.45) is 4.27. The van der Waals surface area contributed by atoms with Gasteiger partial charge in [-0.2, -0.15) is 0 Å². The van der Waals surface area contributed by atoms with Crippen LogP contribution in [0.5, 0.6) is 0 Å². The van der Waals surface area contributed by atoms with E-state index in [1.807, 2.05) is 0 Å². The first kappa shape index (κ1) is 13.3. The van der Waals surface area contributed by atoms with Crippen LogP contribution < -0.4 is 5.32 Å². The fourth-order valence-electron chi connectivity index (χ4n) is 2.58. The molecule has 0 radical (unpaired) electrons. The maximum Gasteiger partial charge on any atom is 0.185 e. The van der Waals surface area contributed by atoms with E-state index in [4.69, 9.17) is 0 Å². The zero-order chi connectivity index (χ0) is 9.97. The summed E-state index contributed by atoms with van der Waals surface area (Å²) in [5.74, 6) is 3.59. The molecule has 0 spiro atoms. The smallest absolute Gasteiger partial charge is 0.185 e. The van der Waals surface area contributed by atoms with Crippen molar-refractivity contribution in [3.63, 3.8) is 0 Å². The first-order chi connectivity index (χ1) is 6.77. The molecule has 0 bridgehead atoms. The maximum absolute atomic E-state index is 10.9. The Balaban J connectivity index is 0.00000112. The van der Waals surface area contributed by atoms with E-state index in [-0.39, 0.29) is 17.5 Å². The van der Waals surface area contributed by atoms with Crippen molar-refractivity contribution < 1.29 is 4.79 Å². The van der Waals surface area contributed by atoms with Gasteiger partial charge < -0.3 is 5.32 Å². The molecule has 2 nitrogen and oxygen atoms in total. The van der Waals surface area contributed by atoms with Crippen molar-refractivity contribution in [3.8, 4) is 0 Å².